The standard InChI is InChI=1S/C20H24N4OS.HI/c1-2-21-20(22-12-6-10-16-8-4-3-5-9-16)23-14-17-15-25-19(24-17)18-11-7-13-26-18;/h3-5,7-9,11,13,15H,2,6,10,12,14H2,1H3,(H2,21,22,23);1H. The Hall–Kier alpha value is -1.87. The van der Waals surface area contributed by atoms with Gasteiger partial charge in [0, 0.05) is 13.1 Å². The number of guanidine groups is 1. The van der Waals surface area contributed by atoms with Crippen molar-refractivity contribution in [2.75, 3.05) is 13.1 Å². The van der Waals surface area contributed by atoms with E-state index < -0.39 is 0 Å². The number of nitrogens with zero attached hydrogens (tertiary/aromatic N) is 2. The summed E-state index contributed by atoms with van der Waals surface area (Å²) in [6.07, 6.45) is 3.79. The van der Waals surface area contributed by atoms with Crippen molar-refractivity contribution < 1.29 is 4.42 Å². The molecular formula is C20H25IN4OS. The minimum atomic E-state index is 0. The maximum absolute atomic E-state index is 5.54. The molecule has 27 heavy (non-hydrogen) atoms. The Morgan fingerprint density at radius 2 is 2.00 bits per heavy atom. The van der Waals surface area contributed by atoms with E-state index in [1.807, 2.05) is 23.6 Å². The van der Waals surface area contributed by atoms with Gasteiger partial charge in [-0.3, -0.25) is 0 Å². The average molecular weight is 496 g/mol. The number of aliphatic imine (C=N–C) groups is 1. The number of benzene rings is 1. The number of aromatic nitrogens is 1. The Labute approximate surface area is 181 Å². The molecule has 0 aliphatic carbocycles. The summed E-state index contributed by atoms with van der Waals surface area (Å²) < 4.78 is 5.54. The third-order valence-corrected chi connectivity index (χ3v) is 4.66. The third-order valence-electron chi connectivity index (χ3n) is 3.80. The Bertz CT molecular complexity index is 803. The maximum Gasteiger partial charge on any atom is 0.236 e. The van der Waals surface area contributed by atoms with Crippen LogP contribution >= 0.6 is 35.3 Å². The molecule has 0 aliphatic rings. The molecule has 3 rings (SSSR count). The molecule has 2 heterocycles. The molecule has 5 nitrogen and oxygen atoms in total. The van der Waals surface area contributed by atoms with Crippen LogP contribution < -0.4 is 10.6 Å². The maximum atomic E-state index is 5.54. The summed E-state index contributed by atoms with van der Waals surface area (Å²) in [5.41, 5.74) is 2.19. The summed E-state index contributed by atoms with van der Waals surface area (Å²) in [6.45, 7) is 4.25. The van der Waals surface area contributed by atoms with E-state index in [0.29, 0.717) is 12.4 Å². The van der Waals surface area contributed by atoms with Crippen molar-refractivity contribution in [2.45, 2.75) is 26.3 Å². The van der Waals surface area contributed by atoms with E-state index in [0.717, 1.165) is 42.5 Å². The highest BCUT2D eigenvalue weighted by molar-refractivity contribution is 14.0. The van der Waals surface area contributed by atoms with Gasteiger partial charge in [-0.05, 0) is 36.8 Å². The van der Waals surface area contributed by atoms with Crippen molar-refractivity contribution in [1.29, 1.82) is 0 Å². The van der Waals surface area contributed by atoms with Crippen molar-refractivity contribution >= 4 is 41.3 Å². The molecule has 0 fully saturated rings. The monoisotopic (exact) mass is 496 g/mol. The molecule has 2 N–H and O–H groups in total. The third kappa shape index (κ3) is 6.99. The van der Waals surface area contributed by atoms with Crippen molar-refractivity contribution in [3.8, 4) is 10.8 Å². The second kappa shape index (κ2) is 11.8. The molecule has 0 unspecified atom stereocenters. The van der Waals surface area contributed by atoms with E-state index in [9.17, 15) is 0 Å². The summed E-state index contributed by atoms with van der Waals surface area (Å²) in [5.74, 6) is 1.47. The number of halogens is 1. The molecule has 0 saturated heterocycles. The van der Waals surface area contributed by atoms with Gasteiger partial charge in [-0.1, -0.05) is 36.4 Å². The number of hydrogen-bond acceptors (Lipinski definition) is 4. The first-order chi connectivity index (χ1) is 12.8. The van der Waals surface area contributed by atoms with E-state index in [1.54, 1.807) is 17.6 Å². The number of thiophene rings is 1. The lowest BCUT2D eigenvalue weighted by molar-refractivity contribution is 0.574. The first kappa shape index (κ1) is 21.4. The smallest absolute Gasteiger partial charge is 0.236 e. The second-order valence-corrected chi connectivity index (χ2v) is 6.78. The van der Waals surface area contributed by atoms with Crippen LogP contribution in [-0.4, -0.2) is 24.0 Å². The Balaban J connectivity index is 0.00000261. The highest BCUT2D eigenvalue weighted by atomic mass is 127. The highest BCUT2D eigenvalue weighted by Crippen LogP contribution is 2.23. The molecular weight excluding hydrogens is 471 g/mol. The Morgan fingerprint density at radius 1 is 1.15 bits per heavy atom. The van der Waals surface area contributed by atoms with Crippen molar-refractivity contribution in [2.24, 2.45) is 4.99 Å². The van der Waals surface area contributed by atoms with Crippen LogP contribution in [0, 0.1) is 0 Å². The van der Waals surface area contributed by atoms with E-state index in [4.69, 9.17) is 4.42 Å². The van der Waals surface area contributed by atoms with Crippen LogP contribution in [0.1, 0.15) is 24.6 Å². The first-order valence-corrected chi connectivity index (χ1v) is 9.77. The molecule has 7 heteroatoms. The Kier molecular flexibility index (Phi) is 9.34. The number of rotatable bonds is 8. The van der Waals surface area contributed by atoms with Crippen LogP contribution in [0.25, 0.3) is 10.8 Å². The fourth-order valence-corrected chi connectivity index (χ4v) is 3.19. The van der Waals surface area contributed by atoms with Crippen LogP contribution in [0.4, 0.5) is 0 Å². The van der Waals surface area contributed by atoms with Gasteiger partial charge in [0.2, 0.25) is 5.89 Å². The number of oxazole rings is 1. The summed E-state index contributed by atoms with van der Waals surface area (Å²) in [7, 11) is 0. The predicted molar refractivity (Wildman–Crippen MR) is 123 cm³/mol. The molecule has 0 spiro atoms. The molecule has 0 atom stereocenters. The van der Waals surface area contributed by atoms with Gasteiger partial charge in [-0.15, -0.1) is 35.3 Å². The molecule has 0 radical (unpaired) electrons. The summed E-state index contributed by atoms with van der Waals surface area (Å²) in [4.78, 5) is 10.1. The number of hydrogen-bond donors (Lipinski definition) is 2. The molecule has 2 aromatic heterocycles. The Morgan fingerprint density at radius 3 is 2.74 bits per heavy atom. The average Bonchev–Trinajstić information content (AvgIpc) is 3.35. The predicted octanol–water partition coefficient (Wildman–Crippen LogP) is 4.71. The largest absolute Gasteiger partial charge is 0.443 e. The first-order valence-electron chi connectivity index (χ1n) is 8.89. The molecule has 1 aromatic carbocycles. The normalized spacial score (nSPS) is 11.1. The summed E-state index contributed by atoms with van der Waals surface area (Å²) >= 11 is 1.62. The topological polar surface area (TPSA) is 62.5 Å². The van der Waals surface area contributed by atoms with Gasteiger partial charge in [0.1, 0.15) is 12.0 Å². The van der Waals surface area contributed by atoms with Crippen molar-refractivity contribution in [3.63, 3.8) is 0 Å². The quantitative estimate of drug-likeness (QED) is 0.205. The zero-order valence-corrected chi connectivity index (χ0v) is 18.5. The van der Waals surface area contributed by atoms with E-state index in [-0.39, 0.29) is 24.0 Å². The zero-order chi connectivity index (χ0) is 18.0. The molecule has 3 aromatic rings. The number of aryl methyl sites for hydroxylation is 1. The van der Waals surface area contributed by atoms with Crippen LogP contribution in [0.15, 0.2) is 63.5 Å². The second-order valence-electron chi connectivity index (χ2n) is 5.83. The van der Waals surface area contributed by atoms with Gasteiger partial charge in [0.25, 0.3) is 0 Å². The van der Waals surface area contributed by atoms with Crippen molar-refractivity contribution in [3.05, 3.63) is 65.4 Å². The highest BCUT2D eigenvalue weighted by Gasteiger charge is 2.07. The van der Waals surface area contributed by atoms with E-state index in [2.05, 4.69) is 51.8 Å². The summed E-state index contributed by atoms with van der Waals surface area (Å²) in [5, 5.41) is 8.66. The van der Waals surface area contributed by atoms with Gasteiger partial charge < -0.3 is 15.1 Å². The van der Waals surface area contributed by atoms with Gasteiger partial charge in [-0.2, -0.15) is 0 Å². The SMILES string of the molecule is CCNC(=NCc1coc(-c2cccs2)n1)NCCCc1ccccc1.I. The van der Waals surface area contributed by atoms with Gasteiger partial charge >= 0.3 is 0 Å². The molecule has 0 amide bonds. The fourth-order valence-electron chi connectivity index (χ4n) is 2.54. The summed E-state index contributed by atoms with van der Waals surface area (Å²) in [6, 6.07) is 14.5. The lowest BCUT2D eigenvalue weighted by Gasteiger charge is -2.10. The van der Waals surface area contributed by atoms with Crippen LogP contribution in [-0.2, 0) is 13.0 Å². The van der Waals surface area contributed by atoms with Crippen LogP contribution in [0.5, 0.6) is 0 Å². The molecule has 0 bridgehead atoms. The van der Waals surface area contributed by atoms with Gasteiger partial charge in [-0.25, -0.2) is 9.98 Å². The molecule has 144 valence electrons. The van der Waals surface area contributed by atoms with E-state index in [1.165, 1.54) is 5.56 Å². The lowest BCUT2D eigenvalue weighted by Crippen LogP contribution is -2.37. The lowest BCUT2D eigenvalue weighted by atomic mass is 10.1. The number of nitrogens with one attached hydrogen (secondary N) is 2. The van der Waals surface area contributed by atoms with Gasteiger partial charge in [0.15, 0.2) is 5.96 Å². The van der Waals surface area contributed by atoms with E-state index >= 15 is 0 Å². The van der Waals surface area contributed by atoms with Gasteiger partial charge in [0.05, 0.1) is 11.4 Å². The van der Waals surface area contributed by atoms with Crippen molar-refractivity contribution in [1.82, 2.24) is 15.6 Å². The van der Waals surface area contributed by atoms with Crippen LogP contribution in [0.2, 0.25) is 0 Å². The fraction of sp³-hybridized carbons (Fsp3) is 0.300. The minimum Gasteiger partial charge on any atom is -0.443 e. The zero-order valence-electron chi connectivity index (χ0n) is 15.4. The molecule has 0 aliphatic heterocycles. The van der Waals surface area contributed by atoms with Crippen LogP contribution in [0.3, 0.4) is 0 Å². The minimum absolute atomic E-state index is 0. The molecule has 0 saturated carbocycles.